The molecule has 0 bridgehead atoms. The van der Waals surface area contributed by atoms with E-state index in [0.717, 1.165) is 7.11 Å². The van der Waals surface area contributed by atoms with Crippen molar-refractivity contribution < 1.29 is 28.3 Å². The highest BCUT2D eigenvalue weighted by Gasteiger charge is 2.31. The molecule has 0 rings (SSSR count). The molecule has 3 N–H and O–H groups in total. The highest BCUT2D eigenvalue weighted by atomic mass is 31.2. The van der Waals surface area contributed by atoms with Crippen LogP contribution in [0.1, 0.15) is 0 Å². The first-order chi connectivity index (χ1) is 4.13. The van der Waals surface area contributed by atoms with E-state index in [2.05, 4.69) is 4.31 Å². The van der Waals surface area contributed by atoms with Crippen LogP contribution in [0.2, 0.25) is 0 Å². The van der Waals surface area contributed by atoms with E-state index in [4.69, 9.17) is 14.9 Å². The molecule has 0 aliphatic rings. The first-order valence-electron chi connectivity index (χ1n) is 1.58. The molecule has 0 saturated heterocycles. The lowest BCUT2D eigenvalue weighted by Crippen LogP contribution is -1.58. The van der Waals surface area contributed by atoms with Gasteiger partial charge in [-0.1, -0.05) is 0 Å². The molecule has 0 aliphatic heterocycles. The zero-order valence-electron chi connectivity index (χ0n) is 4.46. The fourth-order valence-corrected chi connectivity index (χ4v) is 0.538. The molecule has 0 amide bonds. The second-order valence-electron chi connectivity index (χ2n) is 0.557. The van der Waals surface area contributed by atoms with E-state index in [9.17, 15) is 9.13 Å². The molecule has 0 heterocycles. The first-order valence-corrected chi connectivity index (χ1v) is 3.84. The fourth-order valence-electron chi connectivity index (χ4n) is 0.0598. The van der Waals surface area contributed by atoms with Crippen LogP contribution in [-0.4, -0.2) is 22.0 Å². The molecule has 0 aromatic heterocycles. The highest BCUT2D eigenvalue weighted by Crippen LogP contribution is 2.30. The molecular weight excluding hydrogens is 170 g/mol. The normalized spacial score (nSPS) is 11.1. The Labute approximate surface area is 53.0 Å². The summed E-state index contributed by atoms with van der Waals surface area (Å²) in [6.07, 6.45) is 0. The lowest BCUT2D eigenvalue weighted by Gasteiger charge is -1.50. The standard InChI is InChI=1S/CH4O.O5P2/c1-2;1-6(2)5-7(3)4/h2H,1H3;/p+2. The van der Waals surface area contributed by atoms with Crippen LogP contribution in [0.25, 0.3) is 0 Å². The van der Waals surface area contributed by atoms with Gasteiger partial charge >= 0.3 is 16.5 Å². The molecule has 9 heavy (non-hydrogen) atoms. The molecule has 0 fully saturated rings. The SMILES string of the molecule is CO.O=[P+](O)O[P+](=O)O. The lowest BCUT2D eigenvalue weighted by atomic mass is 11.8. The summed E-state index contributed by atoms with van der Waals surface area (Å²) in [6.45, 7) is 0. The Balaban J connectivity index is 0. The Kier molecular flexibility index (Phi) is 10.5. The van der Waals surface area contributed by atoms with Crippen molar-refractivity contribution in [2.24, 2.45) is 0 Å². The molecule has 0 aromatic rings. The largest absolute Gasteiger partial charge is 0.745 e. The van der Waals surface area contributed by atoms with Crippen LogP contribution < -0.4 is 0 Å². The summed E-state index contributed by atoms with van der Waals surface area (Å²) in [7, 11) is -4.85. The van der Waals surface area contributed by atoms with Crippen LogP contribution in [0.3, 0.4) is 0 Å². The van der Waals surface area contributed by atoms with Crippen LogP contribution in [-0.2, 0) is 13.4 Å². The van der Waals surface area contributed by atoms with Gasteiger partial charge in [-0.15, -0.1) is 9.79 Å². The molecule has 0 aliphatic carbocycles. The minimum atomic E-state index is -2.92. The summed E-state index contributed by atoms with van der Waals surface area (Å²) in [6, 6.07) is 0. The van der Waals surface area contributed by atoms with Gasteiger partial charge < -0.3 is 5.11 Å². The van der Waals surface area contributed by atoms with Crippen molar-refractivity contribution in [3.05, 3.63) is 0 Å². The predicted molar refractivity (Wildman–Crippen MR) is 28.9 cm³/mol. The van der Waals surface area contributed by atoms with Gasteiger partial charge in [0.2, 0.25) is 0 Å². The van der Waals surface area contributed by atoms with E-state index >= 15 is 0 Å². The first kappa shape index (κ1) is 11.8. The topological polar surface area (TPSA) is 104 Å². The van der Waals surface area contributed by atoms with Gasteiger partial charge in [0, 0.05) is 16.2 Å². The smallest absolute Gasteiger partial charge is 0.400 e. The van der Waals surface area contributed by atoms with E-state index in [1.165, 1.54) is 0 Å². The molecule has 0 spiro atoms. The third-order valence-electron chi connectivity index (χ3n) is 0.140. The van der Waals surface area contributed by atoms with Crippen LogP contribution in [0.4, 0.5) is 0 Å². The molecule has 0 saturated carbocycles. The molecule has 54 valence electrons. The van der Waals surface area contributed by atoms with Crippen LogP contribution in [0.5, 0.6) is 0 Å². The quantitative estimate of drug-likeness (QED) is 0.508. The van der Waals surface area contributed by atoms with Crippen molar-refractivity contribution in [1.29, 1.82) is 0 Å². The van der Waals surface area contributed by atoms with Crippen molar-refractivity contribution in [1.82, 2.24) is 0 Å². The number of aliphatic hydroxyl groups is 1. The summed E-state index contributed by atoms with van der Waals surface area (Å²) in [5.74, 6) is 0. The van der Waals surface area contributed by atoms with Gasteiger partial charge in [-0.2, -0.15) is 0 Å². The van der Waals surface area contributed by atoms with Gasteiger partial charge in [-0.05, 0) is 0 Å². The molecule has 6 nitrogen and oxygen atoms in total. The third-order valence-corrected chi connectivity index (χ3v) is 1.26. The van der Waals surface area contributed by atoms with Gasteiger partial charge in [0.25, 0.3) is 0 Å². The van der Waals surface area contributed by atoms with Gasteiger partial charge in [-0.25, -0.2) is 0 Å². The second-order valence-corrected chi connectivity index (χ2v) is 2.16. The average molecular weight is 176 g/mol. The van der Waals surface area contributed by atoms with Crippen molar-refractivity contribution in [3.63, 3.8) is 0 Å². The molecule has 0 aromatic carbocycles. The zero-order valence-corrected chi connectivity index (χ0v) is 6.25. The predicted octanol–water partition coefficient (Wildman–Crippen LogP) is -0.0891. The Morgan fingerprint density at radius 3 is 1.33 bits per heavy atom. The minimum absolute atomic E-state index is 1.00. The van der Waals surface area contributed by atoms with E-state index < -0.39 is 16.5 Å². The van der Waals surface area contributed by atoms with Crippen LogP contribution in [0.15, 0.2) is 0 Å². The van der Waals surface area contributed by atoms with Gasteiger partial charge in [0.1, 0.15) is 0 Å². The lowest BCUT2D eigenvalue weighted by molar-refractivity contribution is 0.371. The summed E-state index contributed by atoms with van der Waals surface area (Å²) in [5.41, 5.74) is 0. The van der Waals surface area contributed by atoms with Gasteiger partial charge in [-0.3, -0.25) is 0 Å². The Morgan fingerprint density at radius 2 is 1.33 bits per heavy atom. The van der Waals surface area contributed by atoms with E-state index in [1.807, 2.05) is 0 Å². The summed E-state index contributed by atoms with van der Waals surface area (Å²) < 4.78 is 22.2. The molecular formula is CH6O6P2+2. The highest BCUT2D eigenvalue weighted by molar-refractivity contribution is 7.46. The molecule has 2 atom stereocenters. The monoisotopic (exact) mass is 176 g/mol. The Bertz CT molecular complexity index is 87.2. The molecule has 0 radical (unpaired) electrons. The summed E-state index contributed by atoms with van der Waals surface area (Å²) >= 11 is 0. The van der Waals surface area contributed by atoms with Crippen LogP contribution >= 0.6 is 16.5 Å². The summed E-state index contributed by atoms with van der Waals surface area (Å²) in [5, 5.41) is 7.00. The third kappa shape index (κ3) is 18.0. The van der Waals surface area contributed by atoms with E-state index in [-0.39, 0.29) is 0 Å². The summed E-state index contributed by atoms with van der Waals surface area (Å²) in [4.78, 5) is 15.3. The Morgan fingerprint density at radius 1 is 1.11 bits per heavy atom. The fraction of sp³-hybridized carbons (Fsp3) is 1.00. The number of hydrogen-bond acceptors (Lipinski definition) is 4. The second kappa shape index (κ2) is 8.04. The zero-order chi connectivity index (χ0) is 7.86. The van der Waals surface area contributed by atoms with E-state index in [0.29, 0.717) is 0 Å². The van der Waals surface area contributed by atoms with Crippen molar-refractivity contribution >= 4 is 16.5 Å². The maximum atomic E-state index is 9.39. The van der Waals surface area contributed by atoms with Gasteiger partial charge in [0.05, 0.1) is 0 Å². The maximum Gasteiger partial charge on any atom is 0.745 e. The Hall–Kier alpha value is 0.0400. The average Bonchev–Trinajstić information content (AvgIpc) is 1.68. The van der Waals surface area contributed by atoms with Crippen molar-refractivity contribution in [2.45, 2.75) is 0 Å². The van der Waals surface area contributed by atoms with E-state index in [1.54, 1.807) is 0 Å². The molecule has 2 unspecified atom stereocenters. The van der Waals surface area contributed by atoms with Crippen LogP contribution in [0, 0.1) is 0 Å². The maximum absolute atomic E-state index is 9.39. The van der Waals surface area contributed by atoms with Gasteiger partial charge in [0.15, 0.2) is 4.31 Å². The molecule has 8 heteroatoms. The number of aliphatic hydroxyl groups excluding tert-OH is 1. The van der Waals surface area contributed by atoms with Crippen molar-refractivity contribution in [3.8, 4) is 0 Å². The number of hydrogen-bond donors (Lipinski definition) is 3. The minimum Gasteiger partial charge on any atom is -0.400 e. The van der Waals surface area contributed by atoms with Crippen molar-refractivity contribution in [2.75, 3.05) is 7.11 Å². The number of rotatable bonds is 2.